The maximum Gasteiger partial charge on any atom is 0.527 e. The van der Waals surface area contributed by atoms with Crippen LogP contribution in [0.15, 0.2) is 60.1 Å². The summed E-state index contributed by atoms with van der Waals surface area (Å²) in [6.45, 7) is 6.15. The van der Waals surface area contributed by atoms with E-state index in [1.54, 1.807) is 30.0 Å². The lowest BCUT2D eigenvalue weighted by atomic mass is 10.1. The minimum atomic E-state index is -4.37. The highest BCUT2D eigenvalue weighted by Crippen LogP contribution is 2.44. The zero-order chi connectivity index (χ0) is 31.3. The minimum absolute atomic E-state index is 0.149. The number of hydrogen-bond donors (Lipinski definition) is 1. The highest BCUT2D eigenvalue weighted by molar-refractivity contribution is 8.02. The molecule has 1 aliphatic rings. The fraction of sp³-hybridized carbons (Fsp3) is 0.588. The molecule has 2 atom stereocenters. The number of hydrogen-bond acceptors (Lipinski definition) is 8. The van der Waals surface area contributed by atoms with Crippen LogP contribution in [0.2, 0.25) is 0 Å². The van der Waals surface area contributed by atoms with Crippen molar-refractivity contribution >= 4 is 19.6 Å². The van der Waals surface area contributed by atoms with Gasteiger partial charge in [0, 0.05) is 19.4 Å². The largest absolute Gasteiger partial charge is 0.527 e. The molecule has 0 amide bonds. The number of benzene rings is 2. The smallest absolute Gasteiger partial charge is 0.494 e. The van der Waals surface area contributed by atoms with Gasteiger partial charge in [-0.15, -0.1) is 11.8 Å². The topological polar surface area (TPSA) is 86.7 Å². The van der Waals surface area contributed by atoms with E-state index in [1.807, 2.05) is 48.9 Å². The van der Waals surface area contributed by atoms with E-state index in [9.17, 15) is 9.46 Å². The third kappa shape index (κ3) is 15.7. The normalized spacial score (nSPS) is 14.8. The first-order valence-corrected chi connectivity index (χ1v) is 18.8. The van der Waals surface area contributed by atoms with Crippen LogP contribution in [0.4, 0.5) is 0 Å². The second-order valence-corrected chi connectivity index (χ2v) is 13.4. The molecule has 2 unspecified atom stereocenters. The van der Waals surface area contributed by atoms with Crippen LogP contribution >= 0.6 is 19.6 Å². The Balaban J connectivity index is 1.34. The minimum Gasteiger partial charge on any atom is -0.494 e. The number of ether oxygens (including phenoxy) is 3. The van der Waals surface area contributed by atoms with Crippen LogP contribution in [0.25, 0.3) is 0 Å². The van der Waals surface area contributed by atoms with Gasteiger partial charge in [-0.1, -0.05) is 83.8 Å². The lowest BCUT2D eigenvalue weighted by Crippen LogP contribution is -2.27. The van der Waals surface area contributed by atoms with E-state index < -0.39 is 13.9 Å². The molecule has 0 saturated carbocycles. The van der Waals surface area contributed by atoms with Crippen LogP contribution in [0.5, 0.6) is 17.2 Å². The van der Waals surface area contributed by atoms with Gasteiger partial charge in [0.1, 0.15) is 30.0 Å². The Labute approximate surface area is 269 Å². The van der Waals surface area contributed by atoms with Crippen molar-refractivity contribution in [2.24, 2.45) is 0 Å². The molecule has 0 bridgehead atoms. The van der Waals surface area contributed by atoms with E-state index in [-0.39, 0.29) is 19.0 Å². The third-order valence-corrected chi connectivity index (χ3v) is 8.83. The first kappa shape index (κ1) is 36.3. The molecule has 10 heteroatoms. The molecule has 2 aromatic rings. The molecule has 246 valence electrons. The van der Waals surface area contributed by atoms with Crippen LogP contribution in [0.3, 0.4) is 0 Å². The van der Waals surface area contributed by atoms with Crippen molar-refractivity contribution in [1.82, 2.24) is 4.90 Å². The molecule has 1 aliphatic heterocycles. The van der Waals surface area contributed by atoms with Gasteiger partial charge in [-0.25, -0.2) is 4.57 Å². The number of phosphoric ester groups is 1. The summed E-state index contributed by atoms with van der Waals surface area (Å²) in [4.78, 5) is 12.5. The summed E-state index contributed by atoms with van der Waals surface area (Å²) in [7, 11) is -4.37. The van der Waals surface area contributed by atoms with Gasteiger partial charge in [0.15, 0.2) is 0 Å². The maximum absolute atomic E-state index is 12.7. The SMILES string of the molecule is CCCCCCCCCCCCOc1ccc(OCC(COP(=O)(O)Oc2cccc(CN3C=CSC3)c2)OCCC)cc1. The molecular weight excluding hydrogens is 597 g/mol. The third-order valence-electron chi connectivity index (χ3n) is 7.12. The molecule has 3 rings (SSSR count). The quantitative estimate of drug-likeness (QED) is 0.0835. The van der Waals surface area contributed by atoms with Crippen molar-refractivity contribution < 1.29 is 32.7 Å². The van der Waals surface area contributed by atoms with Gasteiger partial charge >= 0.3 is 7.82 Å². The maximum atomic E-state index is 12.7. The molecule has 0 fully saturated rings. The average Bonchev–Trinajstić information content (AvgIpc) is 3.53. The molecule has 44 heavy (non-hydrogen) atoms. The van der Waals surface area contributed by atoms with Crippen molar-refractivity contribution in [2.45, 2.75) is 97.1 Å². The highest BCUT2D eigenvalue weighted by atomic mass is 32.2. The summed E-state index contributed by atoms with van der Waals surface area (Å²) in [6, 6.07) is 14.7. The number of unbranched alkanes of at least 4 members (excludes halogenated alkanes) is 9. The fourth-order valence-electron chi connectivity index (χ4n) is 4.71. The lowest BCUT2D eigenvalue weighted by molar-refractivity contribution is -0.0125. The van der Waals surface area contributed by atoms with Crippen molar-refractivity contribution in [3.8, 4) is 17.2 Å². The van der Waals surface area contributed by atoms with Crippen LogP contribution < -0.4 is 14.0 Å². The Hall–Kier alpha value is -2.16. The van der Waals surface area contributed by atoms with E-state index in [0.29, 0.717) is 25.5 Å². The zero-order valence-corrected chi connectivity index (χ0v) is 28.3. The molecule has 2 aromatic carbocycles. The summed E-state index contributed by atoms with van der Waals surface area (Å²) in [5, 5.41) is 2.04. The number of thioether (sulfide) groups is 1. The first-order valence-electron chi connectivity index (χ1n) is 16.2. The summed E-state index contributed by atoms with van der Waals surface area (Å²) < 4.78 is 41.0. The molecule has 0 spiro atoms. The molecule has 1 heterocycles. The van der Waals surface area contributed by atoms with Crippen molar-refractivity contribution in [2.75, 3.05) is 32.3 Å². The van der Waals surface area contributed by atoms with Crippen molar-refractivity contribution in [3.63, 3.8) is 0 Å². The molecule has 8 nitrogen and oxygen atoms in total. The Morgan fingerprint density at radius 2 is 1.50 bits per heavy atom. The molecule has 1 N–H and O–H groups in total. The second-order valence-electron chi connectivity index (χ2n) is 11.1. The second kappa shape index (κ2) is 21.6. The lowest BCUT2D eigenvalue weighted by Gasteiger charge is -2.20. The zero-order valence-electron chi connectivity index (χ0n) is 26.6. The van der Waals surface area contributed by atoms with Gasteiger partial charge in [-0.05, 0) is 60.2 Å². The Bertz CT molecular complexity index is 1120. The molecule has 0 saturated heterocycles. The summed E-state index contributed by atoms with van der Waals surface area (Å²) in [5.41, 5.74) is 0.974. The van der Waals surface area contributed by atoms with Gasteiger partial charge < -0.3 is 23.6 Å². The molecule has 0 aliphatic carbocycles. The Morgan fingerprint density at radius 1 is 0.818 bits per heavy atom. The van der Waals surface area contributed by atoms with Gasteiger partial charge in [-0.2, -0.15) is 0 Å². The molecule has 0 aromatic heterocycles. The number of nitrogens with zero attached hydrogens (tertiary/aromatic N) is 1. The molecular formula is C34H52NO7PS. The van der Waals surface area contributed by atoms with E-state index in [2.05, 4.69) is 11.8 Å². The first-order chi connectivity index (χ1) is 21.5. The fourth-order valence-corrected chi connectivity index (χ4v) is 6.21. The van der Waals surface area contributed by atoms with Gasteiger partial charge in [-0.3, -0.25) is 9.42 Å². The van der Waals surface area contributed by atoms with Gasteiger partial charge in [0.05, 0.1) is 19.1 Å². The average molecular weight is 650 g/mol. The van der Waals surface area contributed by atoms with E-state index in [0.717, 1.165) is 30.0 Å². The predicted molar refractivity (Wildman–Crippen MR) is 179 cm³/mol. The Morgan fingerprint density at radius 3 is 2.16 bits per heavy atom. The van der Waals surface area contributed by atoms with Crippen LogP contribution in [0, 0.1) is 0 Å². The van der Waals surface area contributed by atoms with E-state index in [4.69, 9.17) is 23.3 Å². The number of rotatable bonds is 25. The van der Waals surface area contributed by atoms with Gasteiger partial charge in [0.25, 0.3) is 0 Å². The summed E-state index contributed by atoms with van der Waals surface area (Å²) in [6.07, 6.45) is 15.3. The monoisotopic (exact) mass is 649 g/mol. The van der Waals surface area contributed by atoms with Gasteiger partial charge in [0.2, 0.25) is 0 Å². The highest BCUT2D eigenvalue weighted by Gasteiger charge is 2.26. The molecule has 0 radical (unpaired) electrons. The van der Waals surface area contributed by atoms with E-state index >= 15 is 0 Å². The van der Waals surface area contributed by atoms with Crippen molar-refractivity contribution in [1.29, 1.82) is 0 Å². The van der Waals surface area contributed by atoms with E-state index in [1.165, 1.54) is 57.8 Å². The standard InChI is InChI=1S/C34H52NO7PS/c1-3-5-6-7-8-9-10-11-12-13-23-39-31-17-19-32(20-18-31)40-27-34(38-22-4-2)28-41-43(36,37)42-33-16-14-15-30(25-33)26-35-21-24-44-29-35/h14-21,24-25,34H,3-13,22-23,26-29H2,1-2H3,(H,36,37). The van der Waals surface area contributed by atoms with Crippen molar-refractivity contribution in [3.05, 3.63) is 65.7 Å². The van der Waals surface area contributed by atoms with Crippen LogP contribution in [0.1, 0.15) is 90.0 Å². The Kier molecular flexibility index (Phi) is 17.8. The van der Waals surface area contributed by atoms with Crippen LogP contribution in [-0.4, -0.2) is 48.2 Å². The summed E-state index contributed by atoms with van der Waals surface area (Å²) in [5.74, 6) is 2.63. The predicted octanol–water partition coefficient (Wildman–Crippen LogP) is 9.33. The van der Waals surface area contributed by atoms with Crippen LogP contribution in [-0.2, 0) is 20.4 Å². The number of phosphoric acid groups is 1. The summed E-state index contributed by atoms with van der Waals surface area (Å²) >= 11 is 1.72.